The van der Waals surface area contributed by atoms with Crippen molar-refractivity contribution in [2.24, 2.45) is 0 Å². The summed E-state index contributed by atoms with van der Waals surface area (Å²) in [5.41, 5.74) is 2.10. The fraction of sp³-hybridized carbons (Fsp3) is 0.389. The van der Waals surface area contributed by atoms with Crippen LogP contribution in [-0.2, 0) is 6.42 Å². The number of amides is 2. The summed E-state index contributed by atoms with van der Waals surface area (Å²) in [5, 5.41) is 18.1. The number of nitrogens with zero attached hydrogens (tertiary/aromatic N) is 1. The largest absolute Gasteiger partial charge is 0.390 e. The summed E-state index contributed by atoms with van der Waals surface area (Å²) < 4.78 is 0. The summed E-state index contributed by atoms with van der Waals surface area (Å²) in [5.74, 6) is 0. The number of rotatable bonds is 5. The zero-order valence-corrected chi connectivity index (χ0v) is 14.7. The molecular formula is C18H23N3O2S. The summed E-state index contributed by atoms with van der Waals surface area (Å²) in [6.07, 6.45) is 0.00601. The number of hydrogen-bond donors (Lipinski definition) is 3. The van der Waals surface area contributed by atoms with Crippen LogP contribution in [0.3, 0.4) is 0 Å². The molecule has 3 rings (SSSR count). The molecule has 2 amide bonds. The summed E-state index contributed by atoms with van der Waals surface area (Å²) in [6, 6.07) is 11.5. The molecule has 1 aromatic carbocycles. The van der Waals surface area contributed by atoms with Crippen LogP contribution < -0.4 is 10.6 Å². The predicted molar refractivity (Wildman–Crippen MR) is 96.2 cm³/mol. The second-order valence-electron chi connectivity index (χ2n) is 6.30. The van der Waals surface area contributed by atoms with E-state index in [-0.39, 0.29) is 18.1 Å². The molecule has 0 saturated heterocycles. The van der Waals surface area contributed by atoms with Crippen LogP contribution in [0.2, 0.25) is 0 Å². The molecule has 3 atom stereocenters. The van der Waals surface area contributed by atoms with E-state index in [0.717, 1.165) is 11.1 Å². The van der Waals surface area contributed by atoms with Crippen molar-refractivity contribution >= 4 is 17.4 Å². The number of nitrogens with one attached hydrogen (secondary N) is 2. The first-order valence-electron chi connectivity index (χ1n) is 8.06. The molecule has 128 valence electrons. The van der Waals surface area contributed by atoms with Crippen LogP contribution in [0.5, 0.6) is 0 Å². The van der Waals surface area contributed by atoms with E-state index in [9.17, 15) is 9.90 Å². The predicted octanol–water partition coefficient (Wildman–Crippen LogP) is 2.31. The molecule has 0 radical (unpaired) electrons. The lowest BCUT2D eigenvalue weighted by Gasteiger charge is -2.24. The van der Waals surface area contributed by atoms with Gasteiger partial charge in [0.1, 0.15) is 0 Å². The van der Waals surface area contributed by atoms with E-state index >= 15 is 0 Å². The maximum Gasteiger partial charge on any atom is 0.315 e. The van der Waals surface area contributed by atoms with Crippen LogP contribution in [0.25, 0.3) is 0 Å². The minimum Gasteiger partial charge on any atom is -0.390 e. The minimum absolute atomic E-state index is 0.136. The highest BCUT2D eigenvalue weighted by atomic mass is 32.1. The lowest BCUT2D eigenvalue weighted by molar-refractivity contribution is 0.142. The van der Waals surface area contributed by atoms with Gasteiger partial charge in [-0.1, -0.05) is 30.3 Å². The third-order valence-electron chi connectivity index (χ3n) is 4.44. The van der Waals surface area contributed by atoms with Crippen molar-refractivity contribution in [3.8, 4) is 0 Å². The van der Waals surface area contributed by atoms with Gasteiger partial charge in [-0.15, -0.1) is 11.3 Å². The van der Waals surface area contributed by atoms with Crippen molar-refractivity contribution in [2.45, 2.75) is 24.6 Å². The molecule has 1 aliphatic rings. The van der Waals surface area contributed by atoms with Gasteiger partial charge in [-0.05, 0) is 36.7 Å². The number of likely N-dealkylation sites (N-methyl/N-ethyl adjacent to an activating group) is 1. The molecule has 1 aromatic heterocycles. The second kappa shape index (κ2) is 7.34. The van der Waals surface area contributed by atoms with E-state index in [4.69, 9.17) is 0 Å². The number of carbonyl (C=O) groups is 1. The molecule has 0 spiro atoms. The van der Waals surface area contributed by atoms with E-state index in [0.29, 0.717) is 13.0 Å². The second-order valence-corrected chi connectivity index (χ2v) is 7.28. The van der Waals surface area contributed by atoms with Gasteiger partial charge in [-0.25, -0.2) is 4.79 Å². The van der Waals surface area contributed by atoms with Crippen molar-refractivity contribution in [1.82, 2.24) is 15.5 Å². The fourth-order valence-corrected chi connectivity index (χ4v) is 4.07. The molecular weight excluding hydrogens is 322 g/mol. The maximum absolute atomic E-state index is 12.3. The van der Waals surface area contributed by atoms with Crippen molar-refractivity contribution in [1.29, 1.82) is 0 Å². The summed E-state index contributed by atoms with van der Waals surface area (Å²) in [6.45, 7) is 0.518. The van der Waals surface area contributed by atoms with Crippen molar-refractivity contribution in [2.75, 3.05) is 20.6 Å². The molecule has 3 N–H and O–H groups in total. The van der Waals surface area contributed by atoms with Gasteiger partial charge < -0.3 is 20.6 Å². The van der Waals surface area contributed by atoms with Gasteiger partial charge in [0.15, 0.2) is 0 Å². The Kier molecular flexibility index (Phi) is 5.18. The average Bonchev–Trinajstić information content (AvgIpc) is 3.16. The lowest BCUT2D eigenvalue weighted by atomic mass is 10.1. The van der Waals surface area contributed by atoms with Gasteiger partial charge in [0.05, 0.1) is 18.2 Å². The number of thiophene rings is 1. The van der Waals surface area contributed by atoms with E-state index in [2.05, 4.69) is 21.6 Å². The number of benzene rings is 1. The van der Waals surface area contributed by atoms with Crippen molar-refractivity contribution in [3.63, 3.8) is 0 Å². The molecule has 0 saturated carbocycles. The zero-order valence-electron chi connectivity index (χ0n) is 13.9. The Morgan fingerprint density at radius 2 is 2.12 bits per heavy atom. The van der Waals surface area contributed by atoms with E-state index < -0.39 is 6.10 Å². The Labute approximate surface area is 146 Å². The van der Waals surface area contributed by atoms with Crippen LogP contribution in [0.1, 0.15) is 28.1 Å². The van der Waals surface area contributed by atoms with Gasteiger partial charge in [-0.3, -0.25) is 0 Å². The Balaban J connectivity index is 1.60. The quantitative estimate of drug-likeness (QED) is 0.779. The van der Waals surface area contributed by atoms with Crippen LogP contribution in [-0.4, -0.2) is 42.8 Å². The first-order valence-corrected chi connectivity index (χ1v) is 8.94. The molecule has 2 aromatic rings. The van der Waals surface area contributed by atoms with Gasteiger partial charge in [0, 0.05) is 17.8 Å². The molecule has 5 nitrogen and oxygen atoms in total. The van der Waals surface area contributed by atoms with Crippen LogP contribution in [0, 0.1) is 0 Å². The highest BCUT2D eigenvalue weighted by Gasteiger charge is 2.32. The summed E-state index contributed by atoms with van der Waals surface area (Å²) in [7, 11) is 4.00. The minimum atomic E-state index is -0.574. The molecule has 1 aliphatic carbocycles. The van der Waals surface area contributed by atoms with Gasteiger partial charge in [0.25, 0.3) is 0 Å². The topological polar surface area (TPSA) is 64.6 Å². The van der Waals surface area contributed by atoms with E-state index in [1.165, 1.54) is 4.88 Å². The van der Waals surface area contributed by atoms with Gasteiger partial charge >= 0.3 is 6.03 Å². The molecule has 6 heteroatoms. The van der Waals surface area contributed by atoms with E-state index in [1.807, 2.05) is 49.8 Å². The van der Waals surface area contributed by atoms with Crippen molar-refractivity contribution in [3.05, 3.63) is 57.8 Å². The van der Waals surface area contributed by atoms with Gasteiger partial charge in [-0.2, -0.15) is 0 Å². The molecule has 0 bridgehead atoms. The first kappa shape index (κ1) is 17.0. The fourth-order valence-electron chi connectivity index (χ4n) is 3.15. The Morgan fingerprint density at radius 3 is 2.83 bits per heavy atom. The molecule has 0 fully saturated rings. The standard InChI is InChI=1S/C18H23N3O2S/c1-21(2)14(16-8-5-9-24-16)11-19-18(23)20-17-13-7-4-3-6-12(13)10-15(17)22/h3-9,14-15,17,22H,10-11H2,1-2H3,(H2,19,20,23)/t14?,15-,17+/m1/s1. The normalized spacial score (nSPS) is 20.7. The third-order valence-corrected chi connectivity index (χ3v) is 5.42. The molecule has 24 heavy (non-hydrogen) atoms. The monoisotopic (exact) mass is 345 g/mol. The summed E-state index contributed by atoms with van der Waals surface area (Å²) >= 11 is 1.68. The number of aliphatic hydroxyl groups is 1. The molecule has 1 heterocycles. The Morgan fingerprint density at radius 1 is 1.33 bits per heavy atom. The first-order chi connectivity index (χ1) is 11.6. The smallest absolute Gasteiger partial charge is 0.315 e. The highest BCUT2D eigenvalue weighted by Crippen LogP contribution is 2.31. The average molecular weight is 345 g/mol. The summed E-state index contributed by atoms with van der Waals surface area (Å²) in [4.78, 5) is 15.6. The number of aliphatic hydroxyl groups excluding tert-OH is 1. The number of hydrogen-bond acceptors (Lipinski definition) is 4. The number of carbonyl (C=O) groups excluding carboxylic acids is 1. The highest BCUT2D eigenvalue weighted by molar-refractivity contribution is 7.10. The number of urea groups is 1. The Bertz CT molecular complexity index is 687. The SMILES string of the molecule is CN(C)C(CNC(=O)N[C@H]1c2ccccc2C[C@H]1O)c1cccs1. The third kappa shape index (κ3) is 3.61. The van der Waals surface area contributed by atoms with Crippen LogP contribution in [0.15, 0.2) is 41.8 Å². The van der Waals surface area contributed by atoms with Crippen LogP contribution in [0.4, 0.5) is 4.79 Å². The number of fused-ring (bicyclic) bond motifs is 1. The molecule has 0 aliphatic heterocycles. The van der Waals surface area contributed by atoms with Crippen molar-refractivity contribution < 1.29 is 9.90 Å². The maximum atomic E-state index is 12.3. The molecule has 1 unspecified atom stereocenters. The van der Waals surface area contributed by atoms with Gasteiger partial charge in [0.2, 0.25) is 0 Å². The zero-order chi connectivity index (χ0) is 17.1. The lowest BCUT2D eigenvalue weighted by Crippen LogP contribution is -2.43. The van der Waals surface area contributed by atoms with E-state index in [1.54, 1.807) is 11.3 Å². The van der Waals surface area contributed by atoms with Crippen LogP contribution >= 0.6 is 11.3 Å². The Hall–Kier alpha value is -1.89.